The number of aromatic nitrogens is 3. The minimum atomic E-state index is -4.92. The zero-order chi connectivity index (χ0) is 11.6. The van der Waals surface area contributed by atoms with Crippen LogP contribution in [0.1, 0.15) is 16.2 Å². The van der Waals surface area contributed by atoms with Crippen LogP contribution in [0.15, 0.2) is 0 Å². The van der Waals surface area contributed by atoms with Crippen molar-refractivity contribution in [3.63, 3.8) is 0 Å². The Labute approximate surface area is 80.3 Å². The number of hydrogen-bond acceptors (Lipinski definition) is 3. The number of aromatic carboxylic acids is 1. The fraction of sp³-hybridized carbons (Fsp3) is 0.500. The standard InChI is InChI=1S/C6H5F4N3O2/c7-1-2-13-4(6(8,9)10)3(5(14)15)11-12-13/h1-2H2,(H,14,15). The van der Waals surface area contributed by atoms with E-state index >= 15 is 0 Å². The van der Waals surface area contributed by atoms with Crippen molar-refractivity contribution in [2.75, 3.05) is 6.67 Å². The van der Waals surface area contributed by atoms with Crippen LogP contribution < -0.4 is 0 Å². The molecule has 1 N–H and O–H groups in total. The second-order valence-electron chi connectivity index (χ2n) is 2.50. The van der Waals surface area contributed by atoms with Gasteiger partial charge in [0.15, 0.2) is 5.69 Å². The molecule has 1 aromatic heterocycles. The lowest BCUT2D eigenvalue weighted by Crippen LogP contribution is -2.19. The molecule has 0 atom stereocenters. The van der Waals surface area contributed by atoms with E-state index in [1.165, 1.54) is 0 Å². The van der Waals surface area contributed by atoms with Gasteiger partial charge in [0.2, 0.25) is 5.69 Å². The van der Waals surface area contributed by atoms with E-state index in [0.29, 0.717) is 0 Å². The molecule has 0 aliphatic heterocycles. The van der Waals surface area contributed by atoms with Gasteiger partial charge >= 0.3 is 12.1 Å². The Bertz CT molecular complexity index is 373. The lowest BCUT2D eigenvalue weighted by Gasteiger charge is -2.08. The fourth-order valence-corrected chi connectivity index (χ4v) is 0.974. The van der Waals surface area contributed by atoms with Crippen LogP contribution in [-0.4, -0.2) is 32.7 Å². The molecule has 0 saturated carbocycles. The van der Waals surface area contributed by atoms with E-state index in [9.17, 15) is 22.4 Å². The number of carboxylic acids is 1. The van der Waals surface area contributed by atoms with E-state index in [0.717, 1.165) is 0 Å². The number of aryl methyl sites for hydroxylation is 1. The van der Waals surface area contributed by atoms with Crippen molar-refractivity contribution in [3.8, 4) is 0 Å². The number of nitrogens with zero attached hydrogens (tertiary/aromatic N) is 3. The van der Waals surface area contributed by atoms with E-state index in [2.05, 4.69) is 10.3 Å². The quantitative estimate of drug-likeness (QED) is 0.781. The molecule has 0 spiro atoms. The van der Waals surface area contributed by atoms with Crippen molar-refractivity contribution in [2.45, 2.75) is 12.7 Å². The van der Waals surface area contributed by atoms with Crippen molar-refractivity contribution in [2.24, 2.45) is 0 Å². The Morgan fingerprint density at radius 3 is 2.47 bits per heavy atom. The van der Waals surface area contributed by atoms with Gasteiger partial charge < -0.3 is 5.11 Å². The number of hydrogen-bond donors (Lipinski definition) is 1. The third-order valence-corrected chi connectivity index (χ3v) is 1.50. The number of rotatable bonds is 3. The number of alkyl halides is 4. The summed E-state index contributed by atoms with van der Waals surface area (Å²) in [6.07, 6.45) is -4.92. The summed E-state index contributed by atoms with van der Waals surface area (Å²) in [6.45, 7) is -1.78. The Balaban J connectivity index is 3.27. The van der Waals surface area contributed by atoms with Crippen molar-refractivity contribution in [3.05, 3.63) is 11.4 Å². The van der Waals surface area contributed by atoms with Gasteiger partial charge in [-0.25, -0.2) is 13.9 Å². The number of carbonyl (C=O) groups is 1. The topological polar surface area (TPSA) is 68.0 Å². The van der Waals surface area contributed by atoms with Gasteiger partial charge in [-0.3, -0.25) is 0 Å². The molecule has 0 amide bonds. The molecule has 0 unspecified atom stereocenters. The molecular weight excluding hydrogens is 222 g/mol. The lowest BCUT2D eigenvalue weighted by atomic mass is 10.3. The van der Waals surface area contributed by atoms with Crippen LogP contribution in [0.4, 0.5) is 17.6 Å². The van der Waals surface area contributed by atoms with Crippen LogP contribution >= 0.6 is 0 Å². The van der Waals surface area contributed by atoms with Gasteiger partial charge in [0.05, 0.1) is 6.54 Å². The average molecular weight is 227 g/mol. The highest BCUT2D eigenvalue weighted by Gasteiger charge is 2.41. The van der Waals surface area contributed by atoms with Crippen molar-refractivity contribution >= 4 is 5.97 Å². The summed E-state index contributed by atoms with van der Waals surface area (Å²) in [5, 5.41) is 14.1. The molecule has 15 heavy (non-hydrogen) atoms. The second-order valence-corrected chi connectivity index (χ2v) is 2.50. The van der Waals surface area contributed by atoms with Crippen LogP contribution in [0.2, 0.25) is 0 Å². The maximum absolute atomic E-state index is 12.3. The molecule has 5 nitrogen and oxygen atoms in total. The Morgan fingerprint density at radius 1 is 1.47 bits per heavy atom. The van der Waals surface area contributed by atoms with Crippen LogP contribution in [0.25, 0.3) is 0 Å². The first-order chi connectivity index (χ1) is 6.88. The van der Waals surface area contributed by atoms with Crippen LogP contribution in [0.5, 0.6) is 0 Å². The zero-order valence-corrected chi connectivity index (χ0v) is 7.12. The molecule has 1 heterocycles. The summed E-state index contributed by atoms with van der Waals surface area (Å²) in [4.78, 5) is 10.4. The molecule has 9 heteroatoms. The van der Waals surface area contributed by atoms with Crippen LogP contribution in [0, 0.1) is 0 Å². The van der Waals surface area contributed by atoms with Gasteiger partial charge in [-0.1, -0.05) is 5.21 Å². The predicted molar refractivity (Wildman–Crippen MR) is 38.0 cm³/mol. The van der Waals surface area contributed by atoms with Crippen LogP contribution in [-0.2, 0) is 12.7 Å². The monoisotopic (exact) mass is 227 g/mol. The fourth-order valence-electron chi connectivity index (χ4n) is 0.974. The highest BCUT2D eigenvalue weighted by molar-refractivity contribution is 5.86. The summed E-state index contributed by atoms with van der Waals surface area (Å²) < 4.78 is 49.1. The van der Waals surface area contributed by atoms with Gasteiger partial charge in [-0.05, 0) is 0 Å². The molecule has 0 aliphatic carbocycles. The summed E-state index contributed by atoms with van der Waals surface area (Å²) in [5.74, 6) is -1.85. The number of halogens is 4. The van der Waals surface area contributed by atoms with Gasteiger partial charge in [-0.15, -0.1) is 5.10 Å². The lowest BCUT2D eigenvalue weighted by molar-refractivity contribution is -0.144. The summed E-state index contributed by atoms with van der Waals surface area (Å²) in [5.41, 5.74) is -2.77. The van der Waals surface area contributed by atoms with E-state index in [1.54, 1.807) is 0 Å². The molecule has 0 radical (unpaired) electrons. The third-order valence-electron chi connectivity index (χ3n) is 1.50. The van der Waals surface area contributed by atoms with E-state index in [-0.39, 0.29) is 4.68 Å². The van der Waals surface area contributed by atoms with Gasteiger partial charge in [0, 0.05) is 0 Å². The normalized spacial score (nSPS) is 11.7. The maximum Gasteiger partial charge on any atom is 0.435 e. The zero-order valence-electron chi connectivity index (χ0n) is 7.12. The SMILES string of the molecule is O=C(O)c1nnn(CCF)c1C(F)(F)F. The van der Waals surface area contributed by atoms with E-state index in [4.69, 9.17) is 5.11 Å². The van der Waals surface area contributed by atoms with Crippen molar-refractivity contribution in [1.82, 2.24) is 15.0 Å². The highest BCUT2D eigenvalue weighted by atomic mass is 19.4. The first-order valence-electron chi connectivity index (χ1n) is 3.68. The predicted octanol–water partition coefficient (Wildman–Crippen LogP) is 0.965. The molecule has 0 bridgehead atoms. The van der Waals surface area contributed by atoms with Crippen LogP contribution in [0.3, 0.4) is 0 Å². The molecule has 0 aromatic carbocycles. The molecular formula is C6H5F4N3O2. The molecule has 1 aromatic rings. The molecule has 0 fully saturated rings. The van der Waals surface area contributed by atoms with E-state index < -0.39 is 36.8 Å². The molecule has 0 saturated heterocycles. The average Bonchev–Trinajstić information content (AvgIpc) is 2.47. The Morgan fingerprint density at radius 2 is 2.07 bits per heavy atom. The Kier molecular flexibility index (Phi) is 2.91. The smallest absolute Gasteiger partial charge is 0.435 e. The minimum absolute atomic E-state index is 0.184. The van der Waals surface area contributed by atoms with E-state index in [1.807, 2.05) is 0 Å². The maximum atomic E-state index is 12.3. The highest BCUT2D eigenvalue weighted by Crippen LogP contribution is 2.30. The third kappa shape index (κ3) is 2.22. The second kappa shape index (κ2) is 3.83. The summed E-state index contributed by atoms with van der Waals surface area (Å²) >= 11 is 0. The molecule has 1 rings (SSSR count). The minimum Gasteiger partial charge on any atom is -0.476 e. The molecule has 0 aliphatic rings. The van der Waals surface area contributed by atoms with Gasteiger partial charge in [0.25, 0.3) is 0 Å². The largest absolute Gasteiger partial charge is 0.476 e. The number of carboxylic acid groups (broad SMARTS) is 1. The Hall–Kier alpha value is -1.67. The van der Waals surface area contributed by atoms with Crippen molar-refractivity contribution in [1.29, 1.82) is 0 Å². The molecule has 84 valence electrons. The summed E-state index contributed by atoms with van der Waals surface area (Å²) in [7, 11) is 0. The summed E-state index contributed by atoms with van der Waals surface area (Å²) in [6, 6.07) is 0. The first-order valence-corrected chi connectivity index (χ1v) is 3.68. The van der Waals surface area contributed by atoms with Crippen molar-refractivity contribution < 1.29 is 27.5 Å². The van der Waals surface area contributed by atoms with Gasteiger partial charge in [-0.2, -0.15) is 13.2 Å². The first kappa shape index (κ1) is 11.4. The van der Waals surface area contributed by atoms with Gasteiger partial charge in [0.1, 0.15) is 6.67 Å².